The topological polar surface area (TPSA) is 77.8 Å². The van der Waals surface area contributed by atoms with Gasteiger partial charge in [-0.1, -0.05) is 11.6 Å². The van der Waals surface area contributed by atoms with Crippen LogP contribution in [0.2, 0.25) is 5.02 Å². The largest absolute Gasteiger partial charge is 0.480 e. The molecule has 0 bridgehead atoms. The molecule has 1 fully saturated rings. The van der Waals surface area contributed by atoms with Crippen molar-refractivity contribution in [1.29, 1.82) is 0 Å². The number of β-amino-alcohol motifs (C(OH)–C–C–N with tert-alkyl or cyclic N) is 1. The maximum Gasteiger partial charge on any atom is 0.326 e. The van der Waals surface area contributed by atoms with Crippen LogP contribution in [0, 0.1) is 11.6 Å². The predicted octanol–water partition coefficient (Wildman–Crippen LogP) is 1.28. The number of likely N-dealkylation sites (tertiary alicyclic amines) is 1. The molecule has 1 aromatic carbocycles. The Kier molecular flexibility index (Phi) is 3.92. The van der Waals surface area contributed by atoms with Crippen LogP contribution >= 0.6 is 11.6 Å². The van der Waals surface area contributed by atoms with Gasteiger partial charge in [0.05, 0.1) is 16.7 Å². The third kappa shape index (κ3) is 2.59. The molecule has 0 unspecified atom stereocenters. The first-order valence-corrected chi connectivity index (χ1v) is 6.05. The smallest absolute Gasteiger partial charge is 0.326 e. The van der Waals surface area contributed by atoms with Crippen LogP contribution < -0.4 is 0 Å². The van der Waals surface area contributed by atoms with Crippen molar-refractivity contribution in [3.8, 4) is 0 Å². The quantitative estimate of drug-likeness (QED) is 0.807. The van der Waals surface area contributed by atoms with E-state index in [1.165, 1.54) is 0 Å². The number of carboxylic acid groups (broad SMARTS) is 1. The molecule has 0 radical (unpaired) electrons. The molecule has 108 valence electrons. The maximum atomic E-state index is 13.2. The minimum atomic E-state index is -1.28. The van der Waals surface area contributed by atoms with Gasteiger partial charge in [-0.25, -0.2) is 13.6 Å². The van der Waals surface area contributed by atoms with E-state index in [4.69, 9.17) is 16.7 Å². The number of hydrogen-bond acceptors (Lipinski definition) is 3. The van der Waals surface area contributed by atoms with Crippen LogP contribution in [0.15, 0.2) is 12.1 Å². The van der Waals surface area contributed by atoms with E-state index in [9.17, 15) is 23.5 Å². The lowest BCUT2D eigenvalue weighted by Gasteiger charge is -2.21. The second kappa shape index (κ2) is 5.34. The van der Waals surface area contributed by atoms with Crippen LogP contribution in [0.5, 0.6) is 0 Å². The number of carbonyl (C=O) groups is 2. The molecular weight excluding hydrogens is 296 g/mol. The highest BCUT2D eigenvalue weighted by Gasteiger charge is 2.39. The van der Waals surface area contributed by atoms with Gasteiger partial charge >= 0.3 is 5.97 Å². The van der Waals surface area contributed by atoms with E-state index in [-0.39, 0.29) is 23.6 Å². The van der Waals surface area contributed by atoms with E-state index in [1.54, 1.807) is 0 Å². The number of benzene rings is 1. The zero-order valence-electron chi connectivity index (χ0n) is 10.0. The van der Waals surface area contributed by atoms with Gasteiger partial charge in [-0.15, -0.1) is 0 Å². The van der Waals surface area contributed by atoms with Crippen molar-refractivity contribution in [1.82, 2.24) is 4.90 Å². The number of carbonyl (C=O) groups excluding carboxylic acids is 1. The lowest BCUT2D eigenvalue weighted by molar-refractivity contribution is -0.141. The summed E-state index contributed by atoms with van der Waals surface area (Å²) in [6.45, 7) is -0.203. The highest BCUT2D eigenvalue weighted by molar-refractivity contribution is 6.33. The lowest BCUT2D eigenvalue weighted by Crippen LogP contribution is -2.40. The van der Waals surface area contributed by atoms with E-state index in [0.717, 1.165) is 4.90 Å². The number of aliphatic carboxylic acids is 1. The maximum absolute atomic E-state index is 13.2. The molecule has 0 aromatic heterocycles. The number of halogens is 3. The zero-order valence-corrected chi connectivity index (χ0v) is 10.8. The van der Waals surface area contributed by atoms with E-state index in [1.807, 2.05) is 0 Å². The molecule has 20 heavy (non-hydrogen) atoms. The number of carboxylic acids is 1. The average Bonchev–Trinajstić information content (AvgIpc) is 2.75. The molecule has 0 saturated carbocycles. The number of aliphatic hydroxyl groups excluding tert-OH is 1. The van der Waals surface area contributed by atoms with Crippen LogP contribution in [0.3, 0.4) is 0 Å². The Morgan fingerprint density at radius 1 is 1.30 bits per heavy atom. The monoisotopic (exact) mass is 305 g/mol. The van der Waals surface area contributed by atoms with Gasteiger partial charge in [0.1, 0.15) is 6.04 Å². The van der Waals surface area contributed by atoms with Crippen molar-refractivity contribution in [3.63, 3.8) is 0 Å². The fourth-order valence-corrected chi connectivity index (χ4v) is 2.34. The first-order valence-electron chi connectivity index (χ1n) is 5.67. The molecule has 8 heteroatoms. The molecule has 1 saturated heterocycles. The summed E-state index contributed by atoms with van der Waals surface area (Å²) >= 11 is 5.67. The van der Waals surface area contributed by atoms with Crippen LogP contribution in [-0.2, 0) is 4.79 Å². The summed E-state index contributed by atoms with van der Waals surface area (Å²) in [5.41, 5.74) is -0.342. The minimum Gasteiger partial charge on any atom is -0.480 e. The summed E-state index contributed by atoms with van der Waals surface area (Å²) < 4.78 is 26.1. The molecule has 2 N–H and O–H groups in total. The van der Waals surface area contributed by atoms with Gasteiger partial charge in [0.2, 0.25) is 0 Å². The molecular formula is C12H10ClF2NO4. The van der Waals surface area contributed by atoms with Gasteiger partial charge in [-0.3, -0.25) is 4.79 Å². The Bertz CT molecular complexity index is 581. The van der Waals surface area contributed by atoms with Gasteiger partial charge < -0.3 is 15.1 Å². The minimum absolute atomic E-state index is 0.123. The fraction of sp³-hybridized carbons (Fsp3) is 0.333. The summed E-state index contributed by atoms with van der Waals surface area (Å²) in [6, 6.07) is 0.0393. The van der Waals surface area contributed by atoms with E-state index in [0.29, 0.717) is 12.1 Å². The lowest BCUT2D eigenvalue weighted by atomic mass is 10.1. The molecule has 1 aliphatic rings. The fourth-order valence-electron chi connectivity index (χ4n) is 2.11. The van der Waals surface area contributed by atoms with Crippen LogP contribution in [0.4, 0.5) is 8.78 Å². The first kappa shape index (κ1) is 14.7. The van der Waals surface area contributed by atoms with Gasteiger partial charge in [-0.2, -0.15) is 0 Å². The standard InChI is InChI=1S/C12H10ClF2NO4/c13-7-3-9(15)8(14)2-6(7)11(18)16-4-5(17)1-10(16)12(19)20/h2-3,5,10,17H,1,4H2,(H,19,20)/t5-,10-/m1/s1. The number of hydrogen-bond donors (Lipinski definition) is 2. The average molecular weight is 306 g/mol. The molecule has 0 spiro atoms. The van der Waals surface area contributed by atoms with E-state index in [2.05, 4.69) is 0 Å². The van der Waals surface area contributed by atoms with Crippen LogP contribution in [-0.4, -0.2) is 45.7 Å². The van der Waals surface area contributed by atoms with E-state index >= 15 is 0 Å². The van der Waals surface area contributed by atoms with Crippen LogP contribution in [0.25, 0.3) is 0 Å². The zero-order chi connectivity index (χ0) is 15.0. The SMILES string of the molecule is O=C(O)[C@H]1C[C@@H](O)CN1C(=O)c1cc(F)c(F)cc1Cl. The van der Waals surface area contributed by atoms with Crippen molar-refractivity contribution in [3.05, 3.63) is 34.4 Å². The molecule has 2 rings (SSSR count). The van der Waals surface area contributed by atoms with Crippen molar-refractivity contribution in [2.75, 3.05) is 6.54 Å². The summed E-state index contributed by atoms with van der Waals surface area (Å²) in [4.78, 5) is 24.1. The van der Waals surface area contributed by atoms with Crippen molar-refractivity contribution < 1.29 is 28.6 Å². The number of amides is 1. The first-order chi connectivity index (χ1) is 9.31. The molecule has 1 aliphatic heterocycles. The molecule has 2 atom stereocenters. The summed E-state index contributed by atoms with van der Waals surface area (Å²) in [6.07, 6.45) is -1.10. The Labute approximate surface area is 117 Å². The Morgan fingerprint density at radius 3 is 2.50 bits per heavy atom. The van der Waals surface area contributed by atoms with Crippen molar-refractivity contribution >= 4 is 23.5 Å². The van der Waals surface area contributed by atoms with Crippen molar-refractivity contribution in [2.45, 2.75) is 18.6 Å². The molecule has 1 amide bonds. The molecule has 5 nitrogen and oxygen atoms in total. The summed E-state index contributed by atoms with van der Waals surface area (Å²) in [5.74, 6) is -4.61. The number of rotatable bonds is 2. The molecule has 0 aliphatic carbocycles. The third-order valence-electron chi connectivity index (χ3n) is 3.07. The van der Waals surface area contributed by atoms with Crippen LogP contribution in [0.1, 0.15) is 16.8 Å². The highest BCUT2D eigenvalue weighted by atomic mass is 35.5. The van der Waals surface area contributed by atoms with E-state index < -0.39 is 35.7 Å². The third-order valence-corrected chi connectivity index (χ3v) is 3.38. The van der Waals surface area contributed by atoms with Crippen molar-refractivity contribution in [2.24, 2.45) is 0 Å². The predicted molar refractivity (Wildman–Crippen MR) is 64.5 cm³/mol. The second-order valence-corrected chi connectivity index (χ2v) is 4.85. The van der Waals surface area contributed by atoms with Gasteiger partial charge in [0.25, 0.3) is 5.91 Å². The Balaban J connectivity index is 2.36. The molecule has 1 aromatic rings. The Morgan fingerprint density at radius 2 is 1.90 bits per heavy atom. The van der Waals surface area contributed by atoms with Gasteiger partial charge in [-0.05, 0) is 12.1 Å². The summed E-state index contributed by atoms with van der Waals surface area (Å²) in [7, 11) is 0. The van der Waals surface area contributed by atoms with Gasteiger partial charge in [0, 0.05) is 13.0 Å². The second-order valence-electron chi connectivity index (χ2n) is 4.45. The Hall–Kier alpha value is -1.73. The molecule has 1 heterocycles. The highest BCUT2D eigenvalue weighted by Crippen LogP contribution is 2.26. The normalized spacial score (nSPS) is 22.1. The summed E-state index contributed by atoms with van der Waals surface area (Å²) in [5, 5.41) is 18.1. The number of nitrogens with zero attached hydrogens (tertiary/aromatic N) is 1. The number of aliphatic hydroxyl groups is 1. The van der Waals surface area contributed by atoms with Gasteiger partial charge in [0.15, 0.2) is 11.6 Å².